The van der Waals surface area contributed by atoms with Gasteiger partial charge in [-0.2, -0.15) is 0 Å². The second-order valence-electron chi connectivity index (χ2n) is 13.7. The third kappa shape index (κ3) is 42.3. The van der Waals surface area contributed by atoms with E-state index in [1.54, 1.807) is 0 Å². The van der Waals surface area contributed by atoms with E-state index in [2.05, 4.69) is 135 Å². The van der Waals surface area contributed by atoms with Gasteiger partial charge in [0.1, 0.15) is 12.1 Å². The van der Waals surface area contributed by atoms with Gasteiger partial charge >= 0.3 is 19.8 Å². The molecule has 59 heavy (non-hydrogen) atoms. The average Bonchev–Trinajstić information content (AvgIpc) is 3.21. The van der Waals surface area contributed by atoms with Gasteiger partial charge in [0, 0.05) is 13.0 Å². The highest BCUT2D eigenvalue weighted by Crippen LogP contribution is 2.43. The molecule has 0 aliphatic carbocycles. The Morgan fingerprint density at radius 3 is 1.36 bits per heavy atom. The van der Waals surface area contributed by atoms with Crippen molar-refractivity contribution in [2.24, 2.45) is 5.73 Å². The molecule has 4 N–H and O–H groups in total. The molecular formula is C48H76NO9P. The Morgan fingerprint density at radius 2 is 0.932 bits per heavy atom. The Labute approximate surface area is 356 Å². The van der Waals surface area contributed by atoms with Gasteiger partial charge in [-0.3, -0.25) is 18.6 Å². The zero-order valence-corrected chi connectivity index (χ0v) is 36.9. The first-order valence-corrected chi connectivity index (χ1v) is 23.1. The summed E-state index contributed by atoms with van der Waals surface area (Å²) in [5.41, 5.74) is 5.35. The van der Waals surface area contributed by atoms with Gasteiger partial charge in [0.25, 0.3) is 0 Å². The Morgan fingerprint density at radius 1 is 0.542 bits per heavy atom. The molecule has 0 spiro atoms. The number of rotatable bonds is 39. The van der Waals surface area contributed by atoms with Crippen molar-refractivity contribution in [1.82, 2.24) is 0 Å². The highest BCUT2D eigenvalue weighted by molar-refractivity contribution is 7.47. The fourth-order valence-corrected chi connectivity index (χ4v) is 5.73. The number of nitrogens with two attached hydrogens (primary N) is 1. The minimum absolute atomic E-state index is 0.0356. The Kier molecular flexibility index (Phi) is 39.9. The minimum atomic E-state index is -4.65. The molecule has 10 nitrogen and oxygen atoms in total. The molecule has 0 amide bonds. The number of unbranched alkanes of at least 4 members (excludes halogenated alkanes) is 5. The van der Waals surface area contributed by atoms with Crippen LogP contribution >= 0.6 is 7.82 Å². The quantitative estimate of drug-likeness (QED) is 0.0236. The van der Waals surface area contributed by atoms with Gasteiger partial charge in [-0.25, -0.2) is 4.57 Å². The summed E-state index contributed by atoms with van der Waals surface area (Å²) in [6.07, 6.45) is 58.3. The zero-order valence-electron chi connectivity index (χ0n) is 36.0. The molecule has 0 aliphatic rings. The lowest BCUT2D eigenvalue weighted by Gasteiger charge is -2.20. The smallest absolute Gasteiger partial charge is 0.472 e. The summed E-state index contributed by atoms with van der Waals surface area (Å²) >= 11 is 0. The number of aliphatic carboxylic acids is 1. The maximum atomic E-state index is 12.6. The number of carboxylic acids is 1. The van der Waals surface area contributed by atoms with Gasteiger partial charge in [-0.1, -0.05) is 142 Å². The molecule has 11 heteroatoms. The summed E-state index contributed by atoms with van der Waals surface area (Å²) in [7, 11) is -4.65. The van der Waals surface area contributed by atoms with Gasteiger partial charge in [0.15, 0.2) is 0 Å². The molecule has 332 valence electrons. The van der Waals surface area contributed by atoms with Crippen LogP contribution in [0.2, 0.25) is 0 Å². The van der Waals surface area contributed by atoms with E-state index in [0.29, 0.717) is 13.0 Å². The maximum Gasteiger partial charge on any atom is 0.472 e. The number of phosphoric acid groups is 1. The van der Waals surface area contributed by atoms with E-state index in [1.807, 2.05) is 0 Å². The van der Waals surface area contributed by atoms with Crippen molar-refractivity contribution in [3.05, 3.63) is 122 Å². The summed E-state index contributed by atoms with van der Waals surface area (Å²) in [5, 5.41) is 8.90. The van der Waals surface area contributed by atoms with Crippen LogP contribution in [0.15, 0.2) is 122 Å². The SMILES string of the molecule is CC/C=C\C/C=C\C/C=C\C/C=C\C/C=C\CCCCCC(=O)OC(COCCCC/C=C\C/C=C\C/C=C\C/C=C\C/C=C\CC)COP(=O)(O)OCC(N)C(=O)O. The van der Waals surface area contributed by atoms with Crippen LogP contribution in [0.3, 0.4) is 0 Å². The van der Waals surface area contributed by atoms with Crippen molar-refractivity contribution < 1.29 is 42.7 Å². The molecule has 0 bridgehead atoms. The van der Waals surface area contributed by atoms with Crippen LogP contribution in [0, 0.1) is 0 Å². The maximum absolute atomic E-state index is 12.6. The number of carbonyl (C=O) groups is 2. The first kappa shape index (κ1) is 55.4. The van der Waals surface area contributed by atoms with Crippen LogP contribution in [0.25, 0.3) is 0 Å². The van der Waals surface area contributed by atoms with Crippen LogP contribution in [0.5, 0.6) is 0 Å². The van der Waals surface area contributed by atoms with Crippen LogP contribution in [-0.2, 0) is 32.7 Å². The topological polar surface area (TPSA) is 155 Å². The number of hydrogen-bond donors (Lipinski definition) is 3. The molecule has 0 aliphatic heterocycles. The van der Waals surface area contributed by atoms with Crippen LogP contribution in [0.1, 0.15) is 129 Å². The number of carbonyl (C=O) groups excluding carboxylic acids is 1. The van der Waals surface area contributed by atoms with Crippen LogP contribution < -0.4 is 5.73 Å². The lowest BCUT2D eigenvalue weighted by molar-refractivity contribution is -0.154. The molecule has 0 saturated heterocycles. The third-order valence-corrected chi connectivity index (χ3v) is 9.19. The zero-order chi connectivity index (χ0) is 43.3. The lowest BCUT2D eigenvalue weighted by atomic mass is 10.1. The van der Waals surface area contributed by atoms with Gasteiger partial charge in [0.2, 0.25) is 0 Å². The molecule has 0 radical (unpaired) electrons. The Hall–Kier alpha value is -3.63. The normalized spacial score (nSPS) is 15.1. The summed E-state index contributed by atoms with van der Waals surface area (Å²) in [4.78, 5) is 33.5. The number of allylic oxidation sites excluding steroid dienone is 20. The minimum Gasteiger partial charge on any atom is -0.480 e. The highest BCUT2D eigenvalue weighted by Gasteiger charge is 2.27. The van der Waals surface area contributed by atoms with E-state index in [1.165, 1.54) is 0 Å². The largest absolute Gasteiger partial charge is 0.480 e. The molecular weight excluding hydrogens is 766 g/mol. The highest BCUT2D eigenvalue weighted by atomic mass is 31.2. The van der Waals surface area contributed by atoms with E-state index >= 15 is 0 Å². The van der Waals surface area contributed by atoms with E-state index < -0.39 is 45.1 Å². The number of esters is 1. The number of hydrogen-bond acceptors (Lipinski definition) is 8. The van der Waals surface area contributed by atoms with Crippen LogP contribution in [-0.4, -0.2) is 60.5 Å². The number of carboxylic acid groups (broad SMARTS) is 1. The summed E-state index contributed by atoms with van der Waals surface area (Å²) in [6, 6.07) is -1.49. The van der Waals surface area contributed by atoms with Crippen LogP contribution in [0.4, 0.5) is 0 Å². The van der Waals surface area contributed by atoms with Gasteiger partial charge in [-0.15, -0.1) is 0 Å². The molecule has 0 aromatic rings. The van der Waals surface area contributed by atoms with Crippen molar-refractivity contribution in [2.45, 2.75) is 142 Å². The van der Waals surface area contributed by atoms with E-state index in [-0.39, 0.29) is 13.0 Å². The van der Waals surface area contributed by atoms with E-state index in [9.17, 15) is 19.0 Å². The van der Waals surface area contributed by atoms with Gasteiger partial charge in [0.05, 0.1) is 19.8 Å². The lowest BCUT2D eigenvalue weighted by Crippen LogP contribution is -2.34. The summed E-state index contributed by atoms with van der Waals surface area (Å²) in [6.45, 7) is 3.46. The molecule has 0 aromatic heterocycles. The number of phosphoric ester groups is 1. The predicted molar refractivity (Wildman–Crippen MR) is 244 cm³/mol. The monoisotopic (exact) mass is 842 g/mol. The van der Waals surface area contributed by atoms with E-state index in [0.717, 1.165) is 103 Å². The Balaban J connectivity index is 4.44. The Bertz CT molecular complexity index is 1390. The van der Waals surface area contributed by atoms with Crippen molar-refractivity contribution in [3.8, 4) is 0 Å². The molecule has 0 rings (SSSR count). The molecule has 3 unspecified atom stereocenters. The standard InChI is InChI=1S/C48H76NO9P/c1-3-5-7-9-11-13-15-17-19-21-23-24-26-28-30-32-34-36-38-40-47(50)58-45(43-56-59(53,54)57-44-46(49)48(51)52)42-55-41-39-37-35-33-31-29-27-25-22-20-18-16-14-12-10-8-6-4-2/h5-8,11-14,17-20,23-25,27-28,30-31,33,45-46H,3-4,9-10,15-16,21-22,26,29,32,34-44,49H2,1-2H3,(H,51,52)(H,53,54)/b7-5-,8-6-,13-11-,14-12-,19-17-,20-18-,24-23-,27-25-,30-28-,33-31-. The second-order valence-corrected chi connectivity index (χ2v) is 15.2. The van der Waals surface area contributed by atoms with Crippen molar-refractivity contribution >= 4 is 19.8 Å². The number of ether oxygens (including phenoxy) is 2. The second kappa shape index (κ2) is 42.5. The fourth-order valence-electron chi connectivity index (χ4n) is 4.95. The molecule has 0 fully saturated rings. The molecule has 0 heterocycles. The van der Waals surface area contributed by atoms with Crippen molar-refractivity contribution in [3.63, 3.8) is 0 Å². The van der Waals surface area contributed by atoms with Gasteiger partial charge in [-0.05, 0) is 103 Å². The van der Waals surface area contributed by atoms with Gasteiger partial charge < -0.3 is 25.2 Å². The first-order valence-electron chi connectivity index (χ1n) is 21.6. The third-order valence-electron chi connectivity index (χ3n) is 8.24. The van der Waals surface area contributed by atoms with E-state index in [4.69, 9.17) is 29.4 Å². The average molecular weight is 842 g/mol. The van der Waals surface area contributed by atoms with Crippen molar-refractivity contribution in [1.29, 1.82) is 0 Å². The molecule has 3 atom stereocenters. The summed E-state index contributed by atoms with van der Waals surface area (Å²) < 4.78 is 33.3. The predicted octanol–water partition coefficient (Wildman–Crippen LogP) is 12.1. The summed E-state index contributed by atoms with van der Waals surface area (Å²) in [5.74, 6) is -1.85. The van der Waals surface area contributed by atoms with Crippen molar-refractivity contribution in [2.75, 3.05) is 26.4 Å². The molecule has 0 aromatic carbocycles. The fraction of sp³-hybridized carbons (Fsp3) is 0.542. The molecule has 0 saturated carbocycles. The first-order chi connectivity index (χ1) is 28.7.